The summed E-state index contributed by atoms with van der Waals surface area (Å²) in [6.45, 7) is 2.74. The van der Waals surface area contributed by atoms with Crippen LogP contribution in [-0.4, -0.2) is 55.6 Å². The quantitative estimate of drug-likeness (QED) is 0.691. The fourth-order valence-corrected chi connectivity index (χ4v) is 2.08. The van der Waals surface area contributed by atoms with Crippen LogP contribution in [-0.2, 0) is 9.47 Å². The Bertz CT molecular complexity index is 432. The average Bonchev–Trinajstić information content (AvgIpc) is 3.03. The number of hydrogen-bond donors (Lipinski definition) is 2. The van der Waals surface area contributed by atoms with Crippen LogP contribution in [0.3, 0.4) is 0 Å². The van der Waals surface area contributed by atoms with Crippen LogP contribution < -0.4 is 10.6 Å². The van der Waals surface area contributed by atoms with E-state index in [0.29, 0.717) is 24.7 Å². The van der Waals surface area contributed by atoms with Gasteiger partial charge < -0.3 is 20.1 Å². The highest BCUT2D eigenvalue weighted by molar-refractivity contribution is 5.92. The molecule has 1 unspecified atom stereocenters. The van der Waals surface area contributed by atoms with Crippen LogP contribution in [0.25, 0.3) is 0 Å². The Balaban J connectivity index is 1.73. The number of aromatic nitrogens is 2. The normalized spacial score (nSPS) is 17.7. The third-order valence-electron chi connectivity index (χ3n) is 3.24. The lowest BCUT2D eigenvalue weighted by atomic mass is 10.2. The van der Waals surface area contributed by atoms with E-state index in [9.17, 15) is 4.79 Å². The van der Waals surface area contributed by atoms with Crippen molar-refractivity contribution in [2.24, 2.45) is 0 Å². The van der Waals surface area contributed by atoms with Crippen LogP contribution in [0.5, 0.6) is 0 Å². The maximum absolute atomic E-state index is 11.8. The maximum atomic E-state index is 11.8. The SMILES string of the molecule is COCCCNC(=O)c1ccc(NCC2CCCO2)nn1. The average molecular weight is 294 g/mol. The molecule has 1 aromatic heterocycles. The monoisotopic (exact) mass is 294 g/mol. The number of anilines is 1. The molecule has 2 N–H and O–H groups in total. The van der Waals surface area contributed by atoms with Gasteiger partial charge in [0.05, 0.1) is 6.10 Å². The first kappa shape index (κ1) is 15.7. The molecule has 1 amide bonds. The molecule has 0 spiro atoms. The van der Waals surface area contributed by atoms with Crippen LogP contribution in [0, 0.1) is 0 Å². The van der Waals surface area contributed by atoms with Gasteiger partial charge in [-0.05, 0) is 31.4 Å². The summed E-state index contributed by atoms with van der Waals surface area (Å²) in [5.41, 5.74) is 0.315. The number of rotatable bonds is 8. The zero-order chi connectivity index (χ0) is 14.9. The minimum absolute atomic E-state index is 0.218. The number of amides is 1. The standard InChI is InChI=1S/C14H22N4O3/c1-20-8-3-7-15-14(19)12-5-6-13(18-17-12)16-10-11-4-2-9-21-11/h5-6,11H,2-4,7-10H2,1H3,(H,15,19)(H,16,18). The molecule has 21 heavy (non-hydrogen) atoms. The van der Waals surface area contributed by atoms with Crippen molar-refractivity contribution in [3.63, 3.8) is 0 Å². The number of ether oxygens (including phenoxy) is 2. The zero-order valence-electron chi connectivity index (χ0n) is 12.3. The molecular formula is C14H22N4O3. The molecule has 2 heterocycles. The molecule has 1 aromatic rings. The Labute approximate surface area is 124 Å². The summed E-state index contributed by atoms with van der Waals surface area (Å²) in [5, 5.41) is 13.9. The van der Waals surface area contributed by atoms with E-state index in [1.165, 1.54) is 0 Å². The van der Waals surface area contributed by atoms with Crippen molar-refractivity contribution in [2.75, 3.05) is 38.7 Å². The molecule has 1 atom stereocenters. The third kappa shape index (κ3) is 5.28. The van der Waals surface area contributed by atoms with Crippen molar-refractivity contribution in [1.29, 1.82) is 0 Å². The number of methoxy groups -OCH3 is 1. The van der Waals surface area contributed by atoms with E-state index in [-0.39, 0.29) is 12.0 Å². The molecule has 7 nitrogen and oxygen atoms in total. The molecule has 0 aliphatic carbocycles. The van der Waals surface area contributed by atoms with Gasteiger partial charge in [0.1, 0.15) is 5.82 Å². The maximum Gasteiger partial charge on any atom is 0.271 e. The van der Waals surface area contributed by atoms with Gasteiger partial charge in [-0.25, -0.2) is 0 Å². The van der Waals surface area contributed by atoms with Crippen LogP contribution in [0.15, 0.2) is 12.1 Å². The Morgan fingerprint density at radius 2 is 2.38 bits per heavy atom. The largest absolute Gasteiger partial charge is 0.385 e. The molecule has 2 rings (SSSR count). The van der Waals surface area contributed by atoms with E-state index in [2.05, 4.69) is 20.8 Å². The lowest BCUT2D eigenvalue weighted by molar-refractivity contribution is 0.0942. The predicted octanol–water partition coefficient (Wildman–Crippen LogP) is 0.834. The van der Waals surface area contributed by atoms with Gasteiger partial charge >= 0.3 is 0 Å². The Hall–Kier alpha value is -1.73. The van der Waals surface area contributed by atoms with Crippen molar-refractivity contribution in [3.8, 4) is 0 Å². The van der Waals surface area contributed by atoms with Gasteiger partial charge in [-0.3, -0.25) is 4.79 Å². The van der Waals surface area contributed by atoms with Crippen molar-refractivity contribution < 1.29 is 14.3 Å². The number of nitrogens with one attached hydrogen (secondary N) is 2. The summed E-state index contributed by atoms with van der Waals surface area (Å²) in [7, 11) is 1.63. The van der Waals surface area contributed by atoms with Crippen molar-refractivity contribution in [3.05, 3.63) is 17.8 Å². The van der Waals surface area contributed by atoms with Crippen molar-refractivity contribution in [1.82, 2.24) is 15.5 Å². The second-order valence-corrected chi connectivity index (χ2v) is 4.92. The Kier molecular flexibility index (Phi) is 6.36. The van der Waals surface area contributed by atoms with E-state index in [4.69, 9.17) is 9.47 Å². The lowest BCUT2D eigenvalue weighted by Crippen LogP contribution is -2.26. The molecule has 7 heteroatoms. The summed E-state index contributed by atoms with van der Waals surface area (Å²) in [4.78, 5) is 11.8. The number of carbonyl (C=O) groups excluding carboxylic acids is 1. The molecule has 116 valence electrons. The van der Waals surface area contributed by atoms with E-state index in [1.807, 2.05) is 0 Å². The van der Waals surface area contributed by atoms with Gasteiger partial charge in [0.25, 0.3) is 5.91 Å². The summed E-state index contributed by atoms with van der Waals surface area (Å²) < 4.78 is 10.4. The predicted molar refractivity (Wildman–Crippen MR) is 78.3 cm³/mol. The smallest absolute Gasteiger partial charge is 0.271 e. The van der Waals surface area contributed by atoms with Crippen LogP contribution in [0.1, 0.15) is 29.8 Å². The van der Waals surface area contributed by atoms with Gasteiger partial charge in [-0.2, -0.15) is 0 Å². The van der Waals surface area contributed by atoms with Crippen LogP contribution in [0.4, 0.5) is 5.82 Å². The van der Waals surface area contributed by atoms with Gasteiger partial charge in [-0.1, -0.05) is 0 Å². The van der Waals surface area contributed by atoms with E-state index in [0.717, 1.165) is 32.4 Å². The summed E-state index contributed by atoms with van der Waals surface area (Å²) in [5.74, 6) is 0.436. The minimum atomic E-state index is -0.218. The van der Waals surface area contributed by atoms with Crippen molar-refractivity contribution >= 4 is 11.7 Å². The highest BCUT2D eigenvalue weighted by atomic mass is 16.5. The third-order valence-corrected chi connectivity index (χ3v) is 3.24. The molecule has 0 radical (unpaired) electrons. The number of hydrogen-bond acceptors (Lipinski definition) is 6. The Morgan fingerprint density at radius 3 is 3.05 bits per heavy atom. The van der Waals surface area contributed by atoms with Gasteiger partial charge in [0.2, 0.25) is 0 Å². The molecule has 1 aliphatic rings. The zero-order valence-corrected chi connectivity index (χ0v) is 12.3. The molecule has 0 saturated carbocycles. The fourth-order valence-electron chi connectivity index (χ4n) is 2.08. The number of carbonyl (C=O) groups is 1. The summed E-state index contributed by atoms with van der Waals surface area (Å²) in [6.07, 6.45) is 3.20. The fraction of sp³-hybridized carbons (Fsp3) is 0.643. The van der Waals surface area contributed by atoms with Crippen molar-refractivity contribution in [2.45, 2.75) is 25.4 Å². The molecule has 0 aromatic carbocycles. The van der Waals surface area contributed by atoms with Crippen LogP contribution in [0.2, 0.25) is 0 Å². The Morgan fingerprint density at radius 1 is 1.48 bits per heavy atom. The van der Waals surface area contributed by atoms with E-state index < -0.39 is 0 Å². The van der Waals surface area contributed by atoms with E-state index in [1.54, 1.807) is 19.2 Å². The van der Waals surface area contributed by atoms with E-state index >= 15 is 0 Å². The first-order valence-electron chi connectivity index (χ1n) is 7.26. The topological polar surface area (TPSA) is 85.4 Å². The molecule has 1 saturated heterocycles. The van der Waals surface area contributed by atoms with Gasteiger partial charge in [-0.15, -0.1) is 10.2 Å². The van der Waals surface area contributed by atoms with Gasteiger partial charge in [0.15, 0.2) is 5.69 Å². The number of nitrogens with zero attached hydrogens (tertiary/aromatic N) is 2. The molecule has 0 bridgehead atoms. The van der Waals surface area contributed by atoms with Gasteiger partial charge in [0, 0.05) is 33.4 Å². The molecule has 1 aliphatic heterocycles. The summed E-state index contributed by atoms with van der Waals surface area (Å²) in [6, 6.07) is 3.42. The second-order valence-electron chi connectivity index (χ2n) is 4.92. The highest BCUT2D eigenvalue weighted by Crippen LogP contribution is 2.12. The van der Waals surface area contributed by atoms with Crippen LogP contribution >= 0.6 is 0 Å². The lowest BCUT2D eigenvalue weighted by Gasteiger charge is -2.10. The second kappa shape index (κ2) is 8.53. The minimum Gasteiger partial charge on any atom is -0.385 e. The molecular weight excluding hydrogens is 272 g/mol. The summed E-state index contributed by atoms with van der Waals surface area (Å²) >= 11 is 0. The first-order chi connectivity index (χ1) is 10.3. The molecule has 1 fully saturated rings. The highest BCUT2D eigenvalue weighted by Gasteiger charge is 2.15. The first-order valence-corrected chi connectivity index (χ1v) is 7.26.